The van der Waals surface area contributed by atoms with Crippen molar-refractivity contribution in [2.45, 2.75) is 23.8 Å². The molecule has 0 aliphatic carbocycles. The van der Waals surface area contributed by atoms with Gasteiger partial charge in [-0.1, -0.05) is 12.1 Å². The number of carbonyl (C=O) groups is 3. The minimum absolute atomic E-state index is 0.0608. The maximum atomic E-state index is 12.9. The lowest BCUT2D eigenvalue weighted by Gasteiger charge is -2.30. The first kappa shape index (κ1) is 15.8. The van der Waals surface area contributed by atoms with Crippen LogP contribution < -0.4 is 10.2 Å². The number of imide groups is 1. The molecule has 2 heterocycles. The van der Waals surface area contributed by atoms with Gasteiger partial charge in [0.25, 0.3) is 5.91 Å². The largest absolute Gasteiger partial charge is 0.295 e. The normalized spacial score (nSPS) is 20.3. The summed E-state index contributed by atoms with van der Waals surface area (Å²) < 4.78 is 23.8. The number of hydrogen-bond acceptors (Lipinski definition) is 5. The van der Waals surface area contributed by atoms with Gasteiger partial charge in [-0.05, 0) is 30.0 Å². The van der Waals surface area contributed by atoms with Gasteiger partial charge in [0, 0.05) is 18.1 Å². The number of benzene rings is 2. The van der Waals surface area contributed by atoms with Gasteiger partial charge in [-0.15, -0.1) is 0 Å². The van der Waals surface area contributed by atoms with Gasteiger partial charge >= 0.3 is 0 Å². The van der Waals surface area contributed by atoms with Crippen LogP contribution in [0.4, 0.5) is 5.69 Å². The Labute approximate surface area is 143 Å². The summed E-state index contributed by atoms with van der Waals surface area (Å²) in [7, 11) is -3.48. The molecule has 8 heteroatoms. The van der Waals surface area contributed by atoms with E-state index in [9.17, 15) is 22.8 Å². The van der Waals surface area contributed by atoms with Crippen molar-refractivity contribution < 1.29 is 22.8 Å². The molecule has 2 aliphatic rings. The van der Waals surface area contributed by atoms with Crippen LogP contribution in [0, 0.1) is 0 Å². The molecule has 0 aromatic heterocycles. The molecule has 128 valence electrons. The van der Waals surface area contributed by atoms with Gasteiger partial charge in [0.2, 0.25) is 11.8 Å². The fourth-order valence-corrected chi connectivity index (χ4v) is 4.11. The Bertz CT molecular complexity index is 1070. The molecule has 0 spiro atoms. The van der Waals surface area contributed by atoms with E-state index in [1.54, 1.807) is 18.2 Å². The van der Waals surface area contributed by atoms with Crippen LogP contribution in [0.25, 0.3) is 10.8 Å². The summed E-state index contributed by atoms with van der Waals surface area (Å²) in [6.07, 6.45) is 1.48. The van der Waals surface area contributed by atoms with Crippen LogP contribution in [0.15, 0.2) is 35.2 Å². The van der Waals surface area contributed by atoms with Gasteiger partial charge in [-0.3, -0.25) is 24.6 Å². The zero-order valence-electron chi connectivity index (χ0n) is 13.3. The van der Waals surface area contributed by atoms with Gasteiger partial charge in [0.1, 0.15) is 6.04 Å². The molecule has 0 saturated carbocycles. The van der Waals surface area contributed by atoms with E-state index in [0.29, 0.717) is 16.5 Å². The molecule has 1 fully saturated rings. The Balaban J connectivity index is 1.90. The molecule has 0 bridgehead atoms. The first-order chi connectivity index (χ1) is 11.8. The fourth-order valence-electron chi connectivity index (χ4n) is 3.44. The lowest BCUT2D eigenvalue weighted by Crippen LogP contribution is -2.53. The second kappa shape index (κ2) is 5.13. The lowest BCUT2D eigenvalue weighted by molar-refractivity contribution is -0.134. The maximum absolute atomic E-state index is 12.9. The number of sulfone groups is 1. The van der Waals surface area contributed by atoms with Gasteiger partial charge in [0.15, 0.2) is 9.84 Å². The van der Waals surface area contributed by atoms with E-state index in [2.05, 4.69) is 5.32 Å². The molecule has 2 aromatic carbocycles. The highest BCUT2D eigenvalue weighted by Gasteiger charge is 2.41. The number of piperidine rings is 1. The zero-order chi connectivity index (χ0) is 17.9. The van der Waals surface area contributed by atoms with Crippen LogP contribution in [-0.4, -0.2) is 38.4 Å². The van der Waals surface area contributed by atoms with E-state index in [0.717, 1.165) is 6.26 Å². The van der Waals surface area contributed by atoms with Crippen molar-refractivity contribution >= 4 is 44.0 Å². The second-order valence-corrected chi connectivity index (χ2v) is 8.28. The average molecular weight is 358 g/mol. The molecule has 1 N–H and O–H groups in total. The van der Waals surface area contributed by atoms with Gasteiger partial charge in [-0.2, -0.15) is 0 Å². The van der Waals surface area contributed by atoms with E-state index < -0.39 is 27.7 Å². The number of hydrogen-bond donors (Lipinski definition) is 1. The van der Waals surface area contributed by atoms with Crippen LogP contribution in [-0.2, 0) is 19.4 Å². The monoisotopic (exact) mass is 358 g/mol. The molecule has 2 aromatic rings. The first-order valence-corrected chi connectivity index (χ1v) is 9.60. The first-order valence-electron chi connectivity index (χ1n) is 7.71. The highest BCUT2D eigenvalue weighted by Crippen LogP contribution is 2.40. The van der Waals surface area contributed by atoms with Gasteiger partial charge < -0.3 is 0 Å². The van der Waals surface area contributed by atoms with Gasteiger partial charge in [-0.25, -0.2) is 8.42 Å². The number of rotatable bonds is 2. The molecule has 3 amide bonds. The Morgan fingerprint density at radius 3 is 2.60 bits per heavy atom. The summed E-state index contributed by atoms with van der Waals surface area (Å²) >= 11 is 0. The van der Waals surface area contributed by atoms with Crippen LogP contribution in [0.2, 0.25) is 0 Å². The summed E-state index contributed by atoms with van der Waals surface area (Å²) in [5, 5.41) is 3.51. The molecule has 1 atom stereocenters. The van der Waals surface area contributed by atoms with Crippen molar-refractivity contribution in [2.24, 2.45) is 0 Å². The fraction of sp³-hybridized carbons (Fsp3) is 0.235. The molecular weight excluding hydrogens is 344 g/mol. The Kier molecular flexibility index (Phi) is 3.23. The summed E-state index contributed by atoms with van der Waals surface area (Å²) in [6, 6.07) is 7.27. The third-order valence-corrected chi connectivity index (χ3v) is 5.68. The predicted molar refractivity (Wildman–Crippen MR) is 90.0 cm³/mol. The molecule has 25 heavy (non-hydrogen) atoms. The number of carbonyl (C=O) groups excluding carboxylic acids is 3. The second-order valence-electron chi connectivity index (χ2n) is 6.26. The van der Waals surface area contributed by atoms with Crippen LogP contribution in [0.3, 0.4) is 0 Å². The zero-order valence-corrected chi connectivity index (χ0v) is 14.1. The summed E-state index contributed by atoms with van der Waals surface area (Å²) in [6.45, 7) is 0. The third kappa shape index (κ3) is 2.32. The molecule has 0 radical (unpaired) electrons. The van der Waals surface area contributed by atoms with Crippen LogP contribution >= 0.6 is 0 Å². The van der Waals surface area contributed by atoms with Gasteiger partial charge in [0.05, 0.1) is 16.1 Å². The quantitative estimate of drug-likeness (QED) is 0.808. The summed E-state index contributed by atoms with van der Waals surface area (Å²) in [4.78, 5) is 38.0. The van der Waals surface area contributed by atoms with Crippen molar-refractivity contribution in [3.63, 3.8) is 0 Å². The summed E-state index contributed by atoms with van der Waals surface area (Å²) in [5.41, 5.74) is 0.824. The maximum Gasteiger partial charge on any atom is 0.259 e. The van der Waals surface area contributed by atoms with Crippen LogP contribution in [0.5, 0.6) is 0 Å². The minimum atomic E-state index is -3.48. The Hall–Kier alpha value is -2.74. The smallest absolute Gasteiger partial charge is 0.259 e. The van der Waals surface area contributed by atoms with Crippen molar-refractivity contribution in [1.82, 2.24) is 5.32 Å². The topological polar surface area (TPSA) is 101 Å². The SMILES string of the molecule is CS(=O)(=O)c1cc2c3c(cccc3c1)N(C1CCC(=O)NC1=O)C2=O. The number of amides is 3. The Morgan fingerprint density at radius 1 is 1.16 bits per heavy atom. The molecule has 2 aliphatic heterocycles. The number of anilines is 1. The predicted octanol–water partition coefficient (Wildman–Crippen LogP) is 1.01. The highest BCUT2D eigenvalue weighted by atomic mass is 32.2. The van der Waals surface area contributed by atoms with Crippen molar-refractivity contribution in [1.29, 1.82) is 0 Å². The van der Waals surface area contributed by atoms with E-state index in [1.807, 2.05) is 0 Å². The molecule has 7 nitrogen and oxygen atoms in total. The van der Waals surface area contributed by atoms with Crippen molar-refractivity contribution in [3.05, 3.63) is 35.9 Å². The lowest BCUT2D eigenvalue weighted by atomic mass is 10.0. The molecule has 1 unspecified atom stereocenters. The molecular formula is C17H14N2O5S. The molecule has 1 saturated heterocycles. The Morgan fingerprint density at radius 2 is 1.92 bits per heavy atom. The van der Waals surface area contributed by atoms with E-state index in [4.69, 9.17) is 0 Å². The van der Waals surface area contributed by atoms with E-state index >= 15 is 0 Å². The number of nitrogens with zero attached hydrogens (tertiary/aromatic N) is 1. The van der Waals surface area contributed by atoms with Crippen molar-refractivity contribution in [2.75, 3.05) is 11.2 Å². The standard InChI is InChI=1S/C17H14N2O5S/c1-25(23,24)10-7-9-3-2-4-12-15(9)11(8-10)17(22)19(12)13-5-6-14(20)18-16(13)21/h2-4,7-8,13H,5-6H2,1H3,(H,18,20,21). The molecule has 4 rings (SSSR count). The van der Waals surface area contributed by atoms with E-state index in [-0.39, 0.29) is 29.2 Å². The summed E-state index contributed by atoms with van der Waals surface area (Å²) in [5.74, 6) is -1.30. The van der Waals surface area contributed by atoms with Crippen molar-refractivity contribution in [3.8, 4) is 0 Å². The minimum Gasteiger partial charge on any atom is -0.295 e. The third-order valence-electron chi connectivity index (χ3n) is 4.59. The van der Waals surface area contributed by atoms with E-state index in [1.165, 1.54) is 17.0 Å². The highest BCUT2D eigenvalue weighted by molar-refractivity contribution is 7.90. The number of nitrogens with one attached hydrogen (secondary N) is 1. The average Bonchev–Trinajstić information content (AvgIpc) is 2.81. The van der Waals surface area contributed by atoms with Crippen LogP contribution in [0.1, 0.15) is 23.2 Å².